The molecule has 29 heavy (non-hydrogen) atoms. The quantitative estimate of drug-likeness (QED) is 0.296. The van der Waals surface area contributed by atoms with Crippen LogP contribution in [0.15, 0.2) is 53.7 Å². The Kier molecular flexibility index (Phi) is 7.14. The van der Waals surface area contributed by atoms with Crippen LogP contribution in [0.1, 0.15) is 25.8 Å². The molecule has 3 rings (SSSR count). The number of hydrogen-bond donors (Lipinski definition) is 0. The Morgan fingerprint density at radius 2 is 2.07 bits per heavy atom. The average Bonchev–Trinajstić information content (AvgIpc) is 3.08. The Morgan fingerprint density at radius 1 is 1.28 bits per heavy atom. The molecule has 1 atom stereocenters. The van der Waals surface area contributed by atoms with E-state index in [9.17, 15) is 4.79 Å². The number of imidazole rings is 1. The summed E-state index contributed by atoms with van der Waals surface area (Å²) in [6.45, 7) is 4.44. The number of fused-ring (bicyclic) bond motifs is 1. The lowest BCUT2D eigenvalue weighted by Crippen LogP contribution is -2.19. The van der Waals surface area contributed by atoms with E-state index in [-0.39, 0.29) is 18.6 Å². The molecule has 1 aromatic heterocycles. The summed E-state index contributed by atoms with van der Waals surface area (Å²) < 4.78 is 13.0. The molecule has 0 aliphatic carbocycles. The third-order valence-corrected chi connectivity index (χ3v) is 5.30. The van der Waals surface area contributed by atoms with Crippen molar-refractivity contribution < 1.29 is 14.3 Å². The summed E-state index contributed by atoms with van der Waals surface area (Å²) >= 11 is 1.51. The molecule has 0 amide bonds. The molecule has 1 unspecified atom stereocenters. The van der Waals surface area contributed by atoms with Crippen molar-refractivity contribution in [1.82, 2.24) is 9.55 Å². The highest BCUT2D eigenvalue weighted by molar-refractivity contribution is 7.99. The zero-order valence-electron chi connectivity index (χ0n) is 16.5. The summed E-state index contributed by atoms with van der Waals surface area (Å²) in [5.74, 6) is 1.19. The van der Waals surface area contributed by atoms with Crippen LogP contribution >= 0.6 is 11.8 Å². The SMILES string of the molecule is CCC(C)OC(=O)Cn1c(SCCOc2ccccc2)nc2cc(C#N)ccc21. The molecule has 1 heterocycles. The van der Waals surface area contributed by atoms with Gasteiger partial charge in [-0.05, 0) is 43.7 Å². The van der Waals surface area contributed by atoms with Crippen LogP contribution in [-0.4, -0.2) is 34.0 Å². The number of nitriles is 1. The van der Waals surface area contributed by atoms with Gasteiger partial charge in [0.15, 0.2) is 5.16 Å². The Morgan fingerprint density at radius 3 is 2.79 bits per heavy atom. The molecule has 0 saturated heterocycles. The van der Waals surface area contributed by atoms with Gasteiger partial charge in [0.25, 0.3) is 0 Å². The van der Waals surface area contributed by atoms with Crippen molar-refractivity contribution in [3.8, 4) is 11.8 Å². The van der Waals surface area contributed by atoms with Gasteiger partial charge < -0.3 is 14.0 Å². The molecule has 2 aromatic carbocycles. The van der Waals surface area contributed by atoms with Gasteiger partial charge in [0.2, 0.25) is 0 Å². The second-order valence-electron chi connectivity index (χ2n) is 6.51. The smallest absolute Gasteiger partial charge is 0.326 e. The summed E-state index contributed by atoms with van der Waals surface area (Å²) in [5.41, 5.74) is 2.02. The first-order valence-corrected chi connectivity index (χ1v) is 10.5. The molecule has 3 aromatic rings. The molecular weight excluding hydrogens is 386 g/mol. The Hall–Kier alpha value is -2.98. The standard InChI is InChI=1S/C22H23N3O3S/c1-3-16(2)28-21(26)15-25-20-10-9-17(14-23)13-19(20)24-22(25)29-12-11-27-18-7-5-4-6-8-18/h4-10,13,16H,3,11-12,15H2,1-2H3. The Bertz CT molecular complexity index is 1010. The fourth-order valence-corrected chi connectivity index (χ4v) is 3.55. The minimum absolute atomic E-state index is 0.0780. The van der Waals surface area contributed by atoms with Gasteiger partial charge in [-0.2, -0.15) is 5.26 Å². The summed E-state index contributed by atoms with van der Waals surface area (Å²) in [6, 6.07) is 17.0. The topological polar surface area (TPSA) is 77.1 Å². The maximum absolute atomic E-state index is 12.4. The summed E-state index contributed by atoms with van der Waals surface area (Å²) in [6.07, 6.45) is 0.637. The normalized spacial score (nSPS) is 11.8. The van der Waals surface area contributed by atoms with E-state index < -0.39 is 0 Å². The molecule has 0 bridgehead atoms. The lowest BCUT2D eigenvalue weighted by Gasteiger charge is -2.13. The molecule has 0 N–H and O–H groups in total. The third kappa shape index (κ3) is 5.52. The van der Waals surface area contributed by atoms with E-state index in [0.717, 1.165) is 17.7 Å². The second kappa shape index (κ2) is 9.99. The number of carbonyl (C=O) groups excluding carboxylic acids is 1. The second-order valence-corrected chi connectivity index (χ2v) is 7.58. The van der Waals surface area contributed by atoms with Crippen LogP contribution in [0.25, 0.3) is 11.0 Å². The van der Waals surface area contributed by atoms with Crippen LogP contribution in [0.2, 0.25) is 0 Å². The lowest BCUT2D eigenvalue weighted by molar-refractivity contribution is -0.149. The number of nitrogens with zero attached hydrogens (tertiary/aromatic N) is 3. The summed E-state index contributed by atoms with van der Waals surface area (Å²) in [4.78, 5) is 17.0. The van der Waals surface area contributed by atoms with E-state index in [1.165, 1.54) is 11.8 Å². The number of benzene rings is 2. The molecule has 0 aliphatic heterocycles. The van der Waals surface area contributed by atoms with Gasteiger partial charge in [0, 0.05) is 5.75 Å². The van der Waals surface area contributed by atoms with Crippen molar-refractivity contribution in [2.45, 2.75) is 38.1 Å². The van der Waals surface area contributed by atoms with E-state index in [4.69, 9.17) is 14.7 Å². The molecule has 0 radical (unpaired) electrons. The highest BCUT2D eigenvalue weighted by Crippen LogP contribution is 2.25. The van der Waals surface area contributed by atoms with Crippen molar-refractivity contribution in [3.63, 3.8) is 0 Å². The molecule has 7 heteroatoms. The molecular formula is C22H23N3O3S. The van der Waals surface area contributed by atoms with Crippen molar-refractivity contribution in [1.29, 1.82) is 5.26 Å². The van der Waals surface area contributed by atoms with E-state index >= 15 is 0 Å². The first-order chi connectivity index (χ1) is 14.1. The van der Waals surface area contributed by atoms with Gasteiger partial charge in [0.05, 0.1) is 35.4 Å². The van der Waals surface area contributed by atoms with Gasteiger partial charge >= 0.3 is 5.97 Å². The van der Waals surface area contributed by atoms with Gasteiger partial charge in [-0.25, -0.2) is 4.98 Å². The Balaban J connectivity index is 1.75. The molecule has 0 spiro atoms. The summed E-state index contributed by atoms with van der Waals surface area (Å²) in [5, 5.41) is 9.85. The van der Waals surface area contributed by atoms with Gasteiger partial charge in [0.1, 0.15) is 12.3 Å². The van der Waals surface area contributed by atoms with Crippen molar-refractivity contribution in [3.05, 3.63) is 54.1 Å². The first kappa shape index (κ1) is 20.7. The number of rotatable bonds is 9. The highest BCUT2D eigenvalue weighted by Gasteiger charge is 2.17. The van der Waals surface area contributed by atoms with Crippen molar-refractivity contribution in [2.24, 2.45) is 0 Å². The van der Waals surface area contributed by atoms with Crippen LogP contribution in [0.5, 0.6) is 5.75 Å². The number of ether oxygens (including phenoxy) is 2. The molecule has 150 valence electrons. The van der Waals surface area contributed by atoms with Crippen LogP contribution in [0, 0.1) is 11.3 Å². The van der Waals surface area contributed by atoms with E-state index in [0.29, 0.717) is 28.6 Å². The maximum atomic E-state index is 12.4. The minimum atomic E-state index is -0.301. The molecule has 0 fully saturated rings. The van der Waals surface area contributed by atoms with Gasteiger partial charge in [-0.1, -0.05) is 36.9 Å². The predicted octanol–water partition coefficient (Wildman–Crippen LogP) is 4.42. The maximum Gasteiger partial charge on any atom is 0.326 e. The number of aromatic nitrogens is 2. The highest BCUT2D eigenvalue weighted by atomic mass is 32.2. The van der Waals surface area contributed by atoms with Crippen molar-refractivity contribution in [2.75, 3.05) is 12.4 Å². The van der Waals surface area contributed by atoms with Crippen LogP contribution in [0.3, 0.4) is 0 Å². The molecule has 0 aliphatic rings. The van der Waals surface area contributed by atoms with Gasteiger partial charge in [-0.15, -0.1) is 0 Å². The van der Waals surface area contributed by atoms with Crippen LogP contribution < -0.4 is 4.74 Å². The molecule has 0 saturated carbocycles. The van der Waals surface area contributed by atoms with E-state index in [2.05, 4.69) is 11.1 Å². The fourth-order valence-electron chi connectivity index (χ4n) is 2.72. The number of para-hydroxylation sites is 1. The number of hydrogen-bond acceptors (Lipinski definition) is 6. The Labute approximate surface area is 174 Å². The van der Waals surface area contributed by atoms with Gasteiger partial charge in [-0.3, -0.25) is 4.79 Å². The monoisotopic (exact) mass is 409 g/mol. The average molecular weight is 410 g/mol. The zero-order chi connectivity index (χ0) is 20.6. The number of thioether (sulfide) groups is 1. The largest absolute Gasteiger partial charge is 0.493 e. The van der Waals surface area contributed by atoms with Crippen molar-refractivity contribution >= 4 is 28.8 Å². The number of carbonyl (C=O) groups is 1. The number of esters is 1. The van der Waals surface area contributed by atoms with E-state index in [1.54, 1.807) is 12.1 Å². The van der Waals surface area contributed by atoms with E-state index in [1.807, 2.05) is 54.8 Å². The minimum Gasteiger partial charge on any atom is -0.493 e. The molecule has 6 nitrogen and oxygen atoms in total. The zero-order valence-corrected chi connectivity index (χ0v) is 17.3. The van der Waals surface area contributed by atoms with Crippen LogP contribution in [-0.2, 0) is 16.1 Å². The third-order valence-electron chi connectivity index (χ3n) is 4.36. The summed E-state index contributed by atoms with van der Waals surface area (Å²) in [7, 11) is 0. The predicted molar refractivity (Wildman–Crippen MR) is 113 cm³/mol. The van der Waals surface area contributed by atoms with Crippen LogP contribution in [0.4, 0.5) is 0 Å². The fraction of sp³-hybridized carbons (Fsp3) is 0.318. The first-order valence-electron chi connectivity index (χ1n) is 9.51. The lowest BCUT2D eigenvalue weighted by atomic mass is 10.2.